The Bertz CT molecular complexity index is 94.1. The second-order valence-corrected chi connectivity index (χ2v) is 2.43. The Labute approximate surface area is 68.1 Å². The molecule has 0 aromatic rings. The molecule has 0 heterocycles. The molecule has 66 valence electrons. The topological polar surface area (TPSA) is 41.8 Å². The average molecular weight is 159 g/mol. The predicted octanol–water partition coefficient (Wildman–Crippen LogP) is 2.04. The van der Waals surface area contributed by atoms with Crippen LogP contribution in [0.1, 0.15) is 32.6 Å². The Balaban J connectivity index is 2.79. The van der Waals surface area contributed by atoms with Crippen LogP contribution in [0.5, 0.6) is 0 Å². The molecule has 0 spiro atoms. The van der Waals surface area contributed by atoms with Crippen LogP contribution in [0.3, 0.4) is 0 Å². The van der Waals surface area contributed by atoms with Crippen LogP contribution in [0.15, 0.2) is 5.16 Å². The van der Waals surface area contributed by atoms with Crippen molar-refractivity contribution in [3.05, 3.63) is 0 Å². The van der Waals surface area contributed by atoms with Crippen molar-refractivity contribution in [1.29, 1.82) is 0 Å². The summed E-state index contributed by atoms with van der Waals surface area (Å²) < 4.78 is 5.11. The third-order valence-corrected chi connectivity index (χ3v) is 1.42. The zero-order valence-electron chi connectivity index (χ0n) is 7.12. The SMILES string of the molecule is CCCCCCOC/C=N/O. The highest BCUT2D eigenvalue weighted by Gasteiger charge is 1.86. The fraction of sp³-hybridized carbons (Fsp3) is 0.875. The van der Waals surface area contributed by atoms with Crippen LogP contribution < -0.4 is 0 Å². The maximum atomic E-state index is 8.00. The number of hydrogen-bond donors (Lipinski definition) is 1. The quantitative estimate of drug-likeness (QED) is 0.267. The lowest BCUT2D eigenvalue weighted by Gasteiger charge is -1.98. The van der Waals surface area contributed by atoms with Gasteiger partial charge in [-0.1, -0.05) is 31.3 Å². The van der Waals surface area contributed by atoms with Crippen LogP contribution in [0, 0.1) is 0 Å². The van der Waals surface area contributed by atoms with E-state index in [0.29, 0.717) is 6.61 Å². The molecule has 0 bridgehead atoms. The minimum atomic E-state index is 0.419. The van der Waals surface area contributed by atoms with Crippen LogP contribution >= 0.6 is 0 Å². The molecule has 0 aliphatic rings. The fourth-order valence-corrected chi connectivity index (χ4v) is 0.800. The van der Waals surface area contributed by atoms with Gasteiger partial charge in [-0.2, -0.15) is 0 Å². The summed E-state index contributed by atoms with van der Waals surface area (Å²) in [6.07, 6.45) is 6.20. The van der Waals surface area contributed by atoms with E-state index in [1.807, 2.05) is 0 Å². The molecule has 3 nitrogen and oxygen atoms in total. The third kappa shape index (κ3) is 9.43. The maximum Gasteiger partial charge on any atom is 0.0851 e. The van der Waals surface area contributed by atoms with E-state index in [2.05, 4.69) is 12.1 Å². The molecule has 0 saturated heterocycles. The molecule has 1 N–H and O–H groups in total. The summed E-state index contributed by atoms with van der Waals surface area (Å²) in [7, 11) is 0. The van der Waals surface area contributed by atoms with E-state index in [-0.39, 0.29) is 0 Å². The van der Waals surface area contributed by atoms with Gasteiger partial charge >= 0.3 is 0 Å². The van der Waals surface area contributed by atoms with Crippen LogP contribution in [0.4, 0.5) is 0 Å². The first-order valence-corrected chi connectivity index (χ1v) is 4.15. The first kappa shape index (κ1) is 10.4. The third-order valence-electron chi connectivity index (χ3n) is 1.42. The Morgan fingerprint density at radius 1 is 1.36 bits per heavy atom. The Morgan fingerprint density at radius 3 is 2.82 bits per heavy atom. The van der Waals surface area contributed by atoms with E-state index in [1.165, 1.54) is 25.5 Å². The minimum absolute atomic E-state index is 0.419. The van der Waals surface area contributed by atoms with Gasteiger partial charge in [0.25, 0.3) is 0 Å². The Hall–Kier alpha value is -0.570. The van der Waals surface area contributed by atoms with Crippen molar-refractivity contribution in [2.24, 2.45) is 5.16 Å². The zero-order chi connectivity index (χ0) is 8.36. The van der Waals surface area contributed by atoms with Gasteiger partial charge in [0, 0.05) is 6.61 Å². The van der Waals surface area contributed by atoms with Gasteiger partial charge in [-0.15, -0.1) is 0 Å². The molecule has 11 heavy (non-hydrogen) atoms. The molecule has 3 heteroatoms. The van der Waals surface area contributed by atoms with Gasteiger partial charge in [0.15, 0.2) is 0 Å². The first-order valence-electron chi connectivity index (χ1n) is 4.15. The Kier molecular flexibility index (Phi) is 8.94. The molecule has 0 amide bonds. The number of nitrogens with zero attached hydrogens (tertiary/aromatic N) is 1. The highest BCUT2D eigenvalue weighted by molar-refractivity contribution is 5.57. The molecule has 0 rings (SSSR count). The standard InChI is InChI=1S/C8H17NO2/c1-2-3-4-5-7-11-8-6-9-10/h6,10H,2-5,7-8H2,1H3/b9-6+. The molecule has 0 unspecified atom stereocenters. The molecule has 0 saturated carbocycles. The van der Waals surface area contributed by atoms with Crippen LogP contribution in [-0.4, -0.2) is 24.6 Å². The smallest absolute Gasteiger partial charge is 0.0851 e. The molecule has 0 aromatic heterocycles. The second-order valence-electron chi connectivity index (χ2n) is 2.43. The summed E-state index contributed by atoms with van der Waals surface area (Å²) in [6, 6.07) is 0. The van der Waals surface area contributed by atoms with Crippen molar-refractivity contribution in [2.75, 3.05) is 13.2 Å². The van der Waals surface area contributed by atoms with E-state index >= 15 is 0 Å². The highest BCUT2D eigenvalue weighted by atomic mass is 16.5. The van der Waals surface area contributed by atoms with E-state index in [9.17, 15) is 0 Å². The molecule has 0 aromatic carbocycles. The van der Waals surface area contributed by atoms with Crippen molar-refractivity contribution in [2.45, 2.75) is 32.6 Å². The van der Waals surface area contributed by atoms with Gasteiger partial charge in [-0.05, 0) is 6.42 Å². The van der Waals surface area contributed by atoms with Crippen LogP contribution in [-0.2, 0) is 4.74 Å². The van der Waals surface area contributed by atoms with Gasteiger partial charge in [0.05, 0.1) is 12.8 Å². The van der Waals surface area contributed by atoms with Gasteiger partial charge in [-0.3, -0.25) is 0 Å². The summed E-state index contributed by atoms with van der Waals surface area (Å²) in [4.78, 5) is 0. The van der Waals surface area contributed by atoms with Crippen molar-refractivity contribution >= 4 is 6.21 Å². The van der Waals surface area contributed by atoms with Gasteiger partial charge < -0.3 is 9.94 Å². The maximum absolute atomic E-state index is 8.00. The van der Waals surface area contributed by atoms with E-state index in [1.54, 1.807) is 0 Å². The molecular weight excluding hydrogens is 142 g/mol. The number of unbranched alkanes of at least 4 members (excludes halogenated alkanes) is 3. The summed E-state index contributed by atoms with van der Waals surface area (Å²) in [5.74, 6) is 0. The average Bonchev–Trinajstić information content (AvgIpc) is 2.03. The van der Waals surface area contributed by atoms with Crippen molar-refractivity contribution in [3.8, 4) is 0 Å². The number of oxime groups is 1. The molecule has 0 radical (unpaired) electrons. The number of ether oxygens (including phenoxy) is 1. The highest BCUT2D eigenvalue weighted by Crippen LogP contribution is 1.98. The van der Waals surface area contributed by atoms with Crippen LogP contribution in [0.25, 0.3) is 0 Å². The number of rotatable bonds is 7. The lowest BCUT2D eigenvalue weighted by Crippen LogP contribution is -1.97. The largest absolute Gasteiger partial charge is 0.411 e. The molecule has 0 fully saturated rings. The van der Waals surface area contributed by atoms with Gasteiger partial charge in [0.1, 0.15) is 0 Å². The zero-order valence-corrected chi connectivity index (χ0v) is 7.12. The predicted molar refractivity (Wildman–Crippen MR) is 45.2 cm³/mol. The first-order chi connectivity index (χ1) is 5.41. The lowest BCUT2D eigenvalue weighted by atomic mass is 10.2. The molecule has 0 aliphatic heterocycles. The second kappa shape index (κ2) is 9.43. The summed E-state index contributed by atoms with van der Waals surface area (Å²) in [6.45, 7) is 3.37. The van der Waals surface area contributed by atoms with E-state index in [0.717, 1.165) is 13.0 Å². The van der Waals surface area contributed by atoms with Crippen molar-refractivity contribution in [1.82, 2.24) is 0 Å². The lowest BCUT2D eigenvalue weighted by molar-refractivity contribution is 0.166. The van der Waals surface area contributed by atoms with Crippen LogP contribution in [0.2, 0.25) is 0 Å². The minimum Gasteiger partial charge on any atom is -0.411 e. The monoisotopic (exact) mass is 159 g/mol. The summed E-state index contributed by atoms with van der Waals surface area (Å²) in [5.41, 5.74) is 0. The molecule has 0 aliphatic carbocycles. The summed E-state index contributed by atoms with van der Waals surface area (Å²) in [5, 5.41) is 10.8. The van der Waals surface area contributed by atoms with Crippen molar-refractivity contribution in [3.63, 3.8) is 0 Å². The van der Waals surface area contributed by atoms with E-state index in [4.69, 9.17) is 9.94 Å². The number of hydrogen-bond acceptors (Lipinski definition) is 3. The Morgan fingerprint density at radius 2 is 2.18 bits per heavy atom. The normalized spacial score (nSPS) is 11.0. The molecule has 0 atom stereocenters. The molecular formula is C8H17NO2. The van der Waals surface area contributed by atoms with Crippen molar-refractivity contribution < 1.29 is 9.94 Å². The van der Waals surface area contributed by atoms with E-state index < -0.39 is 0 Å². The van der Waals surface area contributed by atoms with Gasteiger partial charge in [-0.25, -0.2) is 0 Å². The summed E-state index contributed by atoms with van der Waals surface area (Å²) >= 11 is 0. The van der Waals surface area contributed by atoms with Gasteiger partial charge in [0.2, 0.25) is 0 Å². The fourth-order valence-electron chi connectivity index (χ4n) is 0.800.